The van der Waals surface area contributed by atoms with Crippen molar-refractivity contribution in [3.63, 3.8) is 0 Å². The Kier molecular flexibility index (Phi) is 5.77. The Morgan fingerprint density at radius 2 is 1.86 bits per heavy atom. The summed E-state index contributed by atoms with van der Waals surface area (Å²) in [4.78, 5) is 4.18. The van der Waals surface area contributed by atoms with E-state index in [1.807, 2.05) is 30.3 Å². The molecule has 0 bridgehead atoms. The maximum atomic E-state index is 12.1. The molecule has 0 radical (unpaired) electrons. The Balaban J connectivity index is 1.91. The van der Waals surface area contributed by atoms with Crippen LogP contribution in [0, 0.1) is 0 Å². The van der Waals surface area contributed by atoms with Crippen LogP contribution in [-0.2, 0) is 16.4 Å². The molecule has 1 heterocycles. The zero-order valence-corrected chi connectivity index (χ0v) is 13.4. The molecule has 5 nitrogen and oxygen atoms in total. The van der Waals surface area contributed by atoms with E-state index in [-0.39, 0.29) is 5.75 Å². The molecule has 1 aromatic carbocycles. The Hall–Kier alpha value is -2.08. The smallest absolute Gasteiger partial charge is 0.233 e. The number of nitrogens with one attached hydrogen (secondary N) is 2. The molecule has 0 atom stereocenters. The minimum absolute atomic E-state index is 0.0485. The lowest BCUT2D eigenvalue weighted by atomic mass is 10.2. The summed E-state index contributed by atoms with van der Waals surface area (Å²) in [5.41, 5.74) is 1.49. The lowest BCUT2D eigenvalue weighted by Gasteiger charge is -2.09. The van der Waals surface area contributed by atoms with E-state index in [2.05, 4.69) is 21.9 Å². The summed E-state index contributed by atoms with van der Waals surface area (Å²) >= 11 is 0. The first-order valence-corrected chi connectivity index (χ1v) is 8.98. The molecule has 0 unspecified atom stereocenters. The third-order valence-corrected chi connectivity index (χ3v) is 4.38. The molecule has 0 saturated heterocycles. The van der Waals surface area contributed by atoms with Gasteiger partial charge in [-0.1, -0.05) is 37.3 Å². The van der Waals surface area contributed by atoms with E-state index in [0.717, 1.165) is 24.3 Å². The van der Waals surface area contributed by atoms with Crippen LogP contribution in [0.3, 0.4) is 0 Å². The van der Waals surface area contributed by atoms with Crippen LogP contribution in [0.4, 0.5) is 11.5 Å². The van der Waals surface area contributed by atoms with Crippen molar-refractivity contribution in [3.8, 4) is 0 Å². The monoisotopic (exact) mass is 319 g/mol. The predicted molar refractivity (Wildman–Crippen MR) is 90.6 cm³/mol. The number of aromatic nitrogens is 1. The molecule has 6 heteroatoms. The van der Waals surface area contributed by atoms with E-state index in [9.17, 15) is 8.42 Å². The van der Waals surface area contributed by atoms with Gasteiger partial charge in [0.05, 0.1) is 17.6 Å². The molecule has 2 rings (SSSR count). The number of hydrogen-bond acceptors (Lipinski definition) is 4. The van der Waals surface area contributed by atoms with Gasteiger partial charge >= 0.3 is 0 Å². The average molecular weight is 319 g/mol. The number of hydrogen-bond donors (Lipinski definition) is 2. The van der Waals surface area contributed by atoms with Crippen LogP contribution in [0.15, 0.2) is 48.7 Å². The van der Waals surface area contributed by atoms with E-state index in [1.165, 1.54) is 6.20 Å². The molecule has 2 N–H and O–H groups in total. The minimum Gasteiger partial charge on any atom is -0.370 e. The van der Waals surface area contributed by atoms with Gasteiger partial charge in [-0.25, -0.2) is 13.4 Å². The summed E-state index contributed by atoms with van der Waals surface area (Å²) in [5.74, 6) is 0.793. The van der Waals surface area contributed by atoms with E-state index in [1.54, 1.807) is 12.1 Å². The van der Waals surface area contributed by atoms with Gasteiger partial charge in [-0.15, -0.1) is 0 Å². The van der Waals surface area contributed by atoms with Crippen LogP contribution in [0.1, 0.15) is 18.9 Å². The third kappa shape index (κ3) is 5.37. The number of sulfonamides is 1. The summed E-state index contributed by atoms with van der Waals surface area (Å²) in [6.45, 7) is 2.91. The van der Waals surface area contributed by atoms with Crippen molar-refractivity contribution in [3.05, 3.63) is 54.2 Å². The molecule has 1 aromatic heterocycles. The van der Waals surface area contributed by atoms with Crippen molar-refractivity contribution in [2.75, 3.05) is 22.3 Å². The van der Waals surface area contributed by atoms with Crippen LogP contribution >= 0.6 is 0 Å². The molecular weight excluding hydrogens is 298 g/mol. The Bertz CT molecular complexity index is 670. The van der Waals surface area contributed by atoms with Crippen molar-refractivity contribution < 1.29 is 8.42 Å². The highest BCUT2D eigenvalue weighted by Gasteiger charge is 2.11. The highest BCUT2D eigenvalue weighted by molar-refractivity contribution is 7.92. The van der Waals surface area contributed by atoms with Gasteiger partial charge in [-0.2, -0.15) is 0 Å². The predicted octanol–water partition coefficient (Wildman–Crippen LogP) is 2.89. The van der Waals surface area contributed by atoms with Crippen LogP contribution in [0.5, 0.6) is 0 Å². The van der Waals surface area contributed by atoms with Crippen molar-refractivity contribution in [1.29, 1.82) is 0 Å². The molecule has 22 heavy (non-hydrogen) atoms. The Morgan fingerprint density at radius 3 is 2.50 bits per heavy atom. The molecule has 0 saturated carbocycles. The fourth-order valence-electron chi connectivity index (χ4n) is 1.94. The number of benzene rings is 1. The number of aryl methyl sites for hydroxylation is 1. The molecule has 0 aliphatic rings. The highest BCUT2D eigenvalue weighted by atomic mass is 32.2. The lowest BCUT2D eigenvalue weighted by molar-refractivity contribution is 0.600. The van der Waals surface area contributed by atoms with Crippen LogP contribution in [-0.4, -0.2) is 25.7 Å². The van der Waals surface area contributed by atoms with Gasteiger partial charge in [-0.05, 0) is 30.5 Å². The van der Waals surface area contributed by atoms with Gasteiger partial charge in [0.25, 0.3) is 0 Å². The van der Waals surface area contributed by atoms with Crippen LogP contribution in [0.25, 0.3) is 0 Å². The van der Waals surface area contributed by atoms with Crippen molar-refractivity contribution >= 4 is 21.5 Å². The summed E-state index contributed by atoms with van der Waals surface area (Å²) in [6, 6.07) is 13.0. The fraction of sp³-hybridized carbons (Fsp3) is 0.312. The van der Waals surface area contributed by atoms with E-state index >= 15 is 0 Å². The second-order valence-corrected chi connectivity index (χ2v) is 6.86. The van der Waals surface area contributed by atoms with Gasteiger partial charge in [0.2, 0.25) is 10.0 Å². The second kappa shape index (κ2) is 7.79. The molecule has 118 valence electrons. The normalized spacial score (nSPS) is 11.1. The zero-order valence-electron chi connectivity index (χ0n) is 12.6. The minimum atomic E-state index is -3.37. The van der Waals surface area contributed by atoms with Gasteiger partial charge < -0.3 is 5.32 Å². The fourth-order valence-corrected chi connectivity index (χ4v) is 3.03. The SMILES string of the molecule is CCCNc1ccc(NS(=O)(=O)CCc2ccccc2)cn1. The van der Waals surface area contributed by atoms with E-state index in [4.69, 9.17) is 0 Å². The zero-order chi connectivity index (χ0) is 15.8. The quantitative estimate of drug-likeness (QED) is 0.785. The number of anilines is 2. The maximum absolute atomic E-state index is 12.1. The van der Waals surface area contributed by atoms with Gasteiger partial charge in [0.15, 0.2) is 0 Å². The van der Waals surface area contributed by atoms with Crippen LogP contribution < -0.4 is 10.0 Å². The van der Waals surface area contributed by atoms with Crippen molar-refractivity contribution in [2.45, 2.75) is 19.8 Å². The van der Waals surface area contributed by atoms with Crippen molar-refractivity contribution in [1.82, 2.24) is 4.98 Å². The average Bonchev–Trinajstić information content (AvgIpc) is 2.53. The third-order valence-electron chi connectivity index (χ3n) is 3.10. The summed E-state index contributed by atoms with van der Waals surface area (Å²) in [7, 11) is -3.37. The summed E-state index contributed by atoms with van der Waals surface area (Å²) < 4.78 is 26.7. The second-order valence-electron chi connectivity index (χ2n) is 5.02. The standard InChI is InChI=1S/C16H21N3O2S/c1-2-11-17-16-9-8-15(13-18-16)19-22(20,21)12-10-14-6-4-3-5-7-14/h3-9,13,19H,2,10-12H2,1H3,(H,17,18). The molecule has 0 fully saturated rings. The molecule has 2 aromatic rings. The van der Waals surface area contributed by atoms with Gasteiger partial charge in [0, 0.05) is 6.54 Å². The Labute approximate surface area is 131 Å². The maximum Gasteiger partial charge on any atom is 0.233 e. The number of pyridine rings is 1. The molecule has 0 aliphatic carbocycles. The molecule has 0 amide bonds. The lowest BCUT2D eigenvalue weighted by Crippen LogP contribution is -2.18. The van der Waals surface area contributed by atoms with Crippen molar-refractivity contribution in [2.24, 2.45) is 0 Å². The van der Waals surface area contributed by atoms with Gasteiger partial charge in [0.1, 0.15) is 5.82 Å². The highest BCUT2D eigenvalue weighted by Crippen LogP contribution is 2.12. The topological polar surface area (TPSA) is 71.1 Å². The van der Waals surface area contributed by atoms with Crippen LogP contribution in [0.2, 0.25) is 0 Å². The largest absolute Gasteiger partial charge is 0.370 e. The number of rotatable bonds is 8. The molecular formula is C16H21N3O2S. The van der Waals surface area contributed by atoms with Gasteiger partial charge in [-0.3, -0.25) is 4.72 Å². The molecule has 0 spiro atoms. The van der Waals surface area contributed by atoms with E-state index in [0.29, 0.717) is 12.1 Å². The summed E-state index contributed by atoms with van der Waals surface area (Å²) in [6.07, 6.45) is 3.02. The molecule has 0 aliphatic heterocycles. The van der Waals surface area contributed by atoms with E-state index < -0.39 is 10.0 Å². The summed E-state index contributed by atoms with van der Waals surface area (Å²) in [5, 5.41) is 3.14. The Morgan fingerprint density at radius 1 is 1.09 bits per heavy atom. The first kappa shape index (κ1) is 16.3. The first-order valence-electron chi connectivity index (χ1n) is 7.33. The first-order chi connectivity index (χ1) is 10.6. The number of nitrogens with zero attached hydrogens (tertiary/aromatic N) is 1.